The number of nitrogens with zero attached hydrogens (tertiary/aromatic N) is 2. The SMILES string of the molecule is CCC(NC(=O)c1cn(CCN)cn1)C(=O)O. The number of amides is 1. The van der Waals surface area contributed by atoms with Crippen LogP contribution in [0.15, 0.2) is 12.5 Å². The highest BCUT2D eigenvalue weighted by molar-refractivity contribution is 5.94. The maximum atomic E-state index is 11.7. The van der Waals surface area contributed by atoms with Gasteiger partial charge in [0.05, 0.1) is 6.33 Å². The molecule has 1 atom stereocenters. The fourth-order valence-corrected chi connectivity index (χ4v) is 1.32. The van der Waals surface area contributed by atoms with E-state index in [9.17, 15) is 9.59 Å². The number of rotatable bonds is 6. The van der Waals surface area contributed by atoms with Crippen molar-refractivity contribution in [2.45, 2.75) is 25.9 Å². The first kappa shape index (κ1) is 13.2. The van der Waals surface area contributed by atoms with Crippen LogP contribution in [-0.2, 0) is 11.3 Å². The molecule has 0 saturated heterocycles. The molecule has 0 aliphatic heterocycles. The van der Waals surface area contributed by atoms with Crippen molar-refractivity contribution >= 4 is 11.9 Å². The van der Waals surface area contributed by atoms with E-state index < -0.39 is 17.9 Å². The average Bonchev–Trinajstić information content (AvgIpc) is 2.74. The average molecular weight is 240 g/mol. The minimum atomic E-state index is -1.05. The van der Waals surface area contributed by atoms with E-state index in [1.54, 1.807) is 11.5 Å². The van der Waals surface area contributed by atoms with Crippen molar-refractivity contribution in [2.24, 2.45) is 5.73 Å². The summed E-state index contributed by atoms with van der Waals surface area (Å²) in [5, 5.41) is 11.2. The van der Waals surface area contributed by atoms with Gasteiger partial charge in [0.1, 0.15) is 11.7 Å². The van der Waals surface area contributed by atoms with Crippen molar-refractivity contribution in [3.05, 3.63) is 18.2 Å². The molecule has 7 heteroatoms. The molecule has 1 heterocycles. The van der Waals surface area contributed by atoms with Crippen molar-refractivity contribution in [1.82, 2.24) is 14.9 Å². The number of hydrogen-bond acceptors (Lipinski definition) is 4. The third kappa shape index (κ3) is 3.56. The molecule has 1 rings (SSSR count). The molecule has 94 valence electrons. The summed E-state index contributed by atoms with van der Waals surface area (Å²) in [5.74, 6) is -1.54. The van der Waals surface area contributed by atoms with Gasteiger partial charge in [0, 0.05) is 19.3 Å². The molecular formula is C10H16N4O3. The van der Waals surface area contributed by atoms with Gasteiger partial charge in [-0.1, -0.05) is 6.92 Å². The molecule has 4 N–H and O–H groups in total. The normalized spacial score (nSPS) is 12.1. The number of aromatic nitrogens is 2. The summed E-state index contributed by atoms with van der Waals surface area (Å²) in [6, 6.07) is -0.887. The first-order chi connectivity index (χ1) is 8.08. The van der Waals surface area contributed by atoms with Crippen LogP contribution in [0.3, 0.4) is 0 Å². The minimum absolute atomic E-state index is 0.193. The molecule has 0 aliphatic carbocycles. The zero-order chi connectivity index (χ0) is 12.8. The van der Waals surface area contributed by atoms with Crippen LogP contribution in [0.25, 0.3) is 0 Å². The summed E-state index contributed by atoms with van der Waals surface area (Å²) >= 11 is 0. The second-order valence-electron chi connectivity index (χ2n) is 3.56. The lowest BCUT2D eigenvalue weighted by molar-refractivity contribution is -0.139. The van der Waals surface area contributed by atoms with Crippen LogP contribution in [0.4, 0.5) is 0 Å². The van der Waals surface area contributed by atoms with Gasteiger partial charge in [-0.2, -0.15) is 0 Å². The molecule has 0 spiro atoms. The molecule has 0 bridgehead atoms. The van der Waals surface area contributed by atoms with Crippen molar-refractivity contribution in [3.63, 3.8) is 0 Å². The van der Waals surface area contributed by atoms with Crippen molar-refractivity contribution in [3.8, 4) is 0 Å². The Morgan fingerprint density at radius 1 is 1.65 bits per heavy atom. The van der Waals surface area contributed by atoms with Crippen LogP contribution >= 0.6 is 0 Å². The Balaban J connectivity index is 2.65. The van der Waals surface area contributed by atoms with Gasteiger partial charge in [0.2, 0.25) is 0 Å². The Labute approximate surface area is 98.6 Å². The van der Waals surface area contributed by atoms with Gasteiger partial charge in [-0.15, -0.1) is 0 Å². The molecular weight excluding hydrogens is 224 g/mol. The Morgan fingerprint density at radius 3 is 2.88 bits per heavy atom. The van der Waals surface area contributed by atoms with Gasteiger partial charge in [0.25, 0.3) is 5.91 Å². The van der Waals surface area contributed by atoms with Crippen LogP contribution in [0.5, 0.6) is 0 Å². The molecule has 0 saturated carbocycles. The van der Waals surface area contributed by atoms with E-state index in [-0.39, 0.29) is 5.69 Å². The molecule has 1 aromatic rings. The van der Waals surface area contributed by atoms with E-state index in [1.807, 2.05) is 0 Å². The molecule has 1 aromatic heterocycles. The van der Waals surface area contributed by atoms with E-state index >= 15 is 0 Å². The number of nitrogens with two attached hydrogens (primary N) is 1. The van der Waals surface area contributed by atoms with Crippen molar-refractivity contribution in [1.29, 1.82) is 0 Å². The number of carboxylic acids is 1. The quantitative estimate of drug-likeness (QED) is 0.617. The predicted octanol–water partition coefficient (Wildman–Crippen LogP) is -0.565. The zero-order valence-corrected chi connectivity index (χ0v) is 9.59. The molecule has 0 radical (unpaired) electrons. The second kappa shape index (κ2) is 6.00. The third-order valence-electron chi connectivity index (χ3n) is 2.26. The van der Waals surface area contributed by atoms with Gasteiger partial charge in [-0.3, -0.25) is 4.79 Å². The summed E-state index contributed by atoms with van der Waals surface area (Å²) in [4.78, 5) is 26.3. The van der Waals surface area contributed by atoms with Gasteiger partial charge in [0.15, 0.2) is 0 Å². The Hall–Kier alpha value is -1.89. The summed E-state index contributed by atoms with van der Waals surface area (Å²) in [7, 11) is 0. The number of carbonyl (C=O) groups is 2. The summed E-state index contributed by atoms with van der Waals surface area (Å²) < 4.78 is 1.68. The molecule has 0 aliphatic rings. The molecule has 0 aromatic carbocycles. The van der Waals surface area contributed by atoms with Crippen LogP contribution < -0.4 is 11.1 Å². The zero-order valence-electron chi connectivity index (χ0n) is 9.59. The molecule has 1 unspecified atom stereocenters. The molecule has 1 amide bonds. The van der Waals surface area contributed by atoms with E-state index in [0.29, 0.717) is 19.5 Å². The van der Waals surface area contributed by atoms with Crippen LogP contribution in [0.2, 0.25) is 0 Å². The second-order valence-corrected chi connectivity index (χ2v) is 3.56. The van der Waals surface area contributed by atoms with E-state index in [2.05, 4.69) is 10.3 Å². The lowest BCUT2D eigenvalue weighted by Crippen LogP contribution is -2.40. The number of carbonyl (C=O) groups excluding carboxylic acids is 1. The number of nitrogens with one attached hydrogen (secondary N) is 1. The van der Waals surface area contributed by atoms with Crippen LogP contribution in [0, 0.1) is 0 Å². The fraction of sp³-hybridized carbons (Fsp3) is 0.500. The van der Waals surface area contributed by atoms with Crippen LogP contribution in [-0.4, -0.2) is 39.1 Å². The molecule has 0 fully saturated rings. The van der Waals surface area contributed by atoms with Gasteiger partial charge in [-0.25, -0.2) is 9.78 Å². The van der Waals surface area contributed by atoms with E-state index in [1.165, 1.54) is 12.5 Å². The Kier molecular flexibility index (Phi) is 4.65. The highest BCUT2D eigenvalue weighted by Gasteiger charge is 2.19. The smallest absolute Gasteiger partial charge is 0.326 e. The summed E-state index contributed by atoms with van der Waals surface area (Å²) in [5.41, 5.74) is 5.55. The molecule has 17 heavy (non-hydrogen) atoms. The fourth-order valence-electron chi connectivity index (χ4n) is 1.32. The number of aliphatic carboxylic acids is 1. The van der Waals surface area contributed by atoms with E-state index in [4.69, 9.17) is 10.8 Å². The highest BCUT2D eigenvalue weighted by Crippen LogP contribution is 1.98. The standard InChI is InChI=1S/C10H16N4O3/c1-2-7(10(16)17)13-9(15)8-5-14(4-3-11)6-12-8/h5-7H,2-4,11H2,1H3,(H,13,15)(H,16,17). The van der Waals surface area contributed by atoms with Gasteiger partial charge < -0.3 is 20.7 Å². The number of imidazole rings is 1. The maximum Gasteiger partial charge on any atom is 0.326 e. The number of hydrogen-bond donors (Lipinski definition) is 3. The van der Waals surface area contributed by atoms with Crippen molar-refractivity contribution in [2.75, 3.05) is 6.54 Å². The topological polar surface area (TPSA) is 110 Å². The van der Waals surface area contributed by atoms with Gasteiger partial charge >= 0.3 is 5.97 Å². The predicted molar refractivity (Wildman–Crippen MR) is 60.5 cm³/mol. The monoisotopic (exact) mass is 240 g/mol. The lowest BCUT2D eigenvalue weighted by atomic mass is 10.2. The molecule has 7 nitrogen and oxygen atoms in total. The van der Waals surface area contributed by atoms with E-state index in [0.717, 1.165) is 0 Å². The summed E-state index contributed by atoms with van der Waals surface area (Å²) in [6.07, 6.45) is 3.35. The van der Waals surface area contributed by atoms with Crippen LogP contribution in [0.1, 0.15) is 23.8 Å². The maximum absolute atomic E-state index is 11.7. The number of carboxylic acid groups (broad SMARTS) is 1. The van der Waals surface area contributed by atoms with Crippen molar-refractivity contribution < 1.29 is 14.7 Å². The lowest BCUT2D eigenvalue weighted by Gasteiger charge is -2.10. The largest absolute Gasteiger partial charge is 0.480 e. The highest BCUT2D eigenvalue weighted by atomic mass is 16.4. The Morgan fingerprint density at radius 2 is 2.35 bits per heavy atom. The first-order valence-corrected chi connectivity index (χ1v) is 5.34. The van der Waals surface area contributed by atoms with Gasteiger partial charge in [-0.05, 0) is 6.42 Å². The Bertz CT molecular complexity index is 402. The minimum Gasteiger partial charge on any atom is -0.480 e. The summed E-state index contributed by atoms with van der Waals surface area (Å²) in [6.45, 7) is 2.70. The third-order valence-corrected chi connectivity index (χ3v) is 2.26. The first-order valence-electron chi connectivity index (χ1n) is 5.34.